The van der Waals surface area contributed by atoms with E-state index in [1.54, 1.807) is 0 Å². The van der Waals surface area contributed by atoms with Crippen LogP contribution in [-0.2, 0) is 0 Å². The molecule has 1 nitrogen and oxygen atoms in total. The molecular weight excluding hydrogens is 687 g/mol. The zero-order valence-corrected chi connectivity index (χ0v) is 31.5. The van der Waals surface area contributed by atoms with Crippen molar-refractivity contribution in [3.63, 3.8) is 0 Å². The van der Waals surface area contributed by atoms with Gasteiger partial charge in [0.15, 0.2) is 0 Å². The molecular formula is C56H39N. The van der Waals surface area contributed by atoms with Crippen LogP contribution in [0.5, 0.6) is 0 Å². The molecule has 0 aliphatic carbocycles. The first-order chi connectivity index (χ1) is 28.3. The number of hydrogen-bond donors (Lipinski definition) is 0. The van der Waals surface area contributed by atoms with Gasteiger partial charge in [0.1, 0.15) is 0 Å². The number of benzene rings is 10. The molecule has 0 aromatic heterocycles. The Hall–Kier alpha value is -7.48. The lowest BCUT2D eigenvalue weighted by atomic mass is 9.84. The lowest BCUT2D eigenvalue weighted by Crippen LogP contribution is -2.12. The Kier molecular flexibility index (Phi) is 8.95. The Morgan fingerprint density at radius 3 is 1.19 bits per heavy atom. The summed E-state index contributed by atoms with van der Waals surface area (Å²) in [6.45, 7) is 0. The molecule has 0 aliphatic rings. The average molecular weight is 726 g/mol. The molecule has 10 aromatic carbocycles. The average Bonchev–Trinajstić information content (AvgIpc) is 3.30. The Morgan fingerprint density at radius 2 is 0.614 bits per heavy atom. The van der Waals surface area contributed by atoms with E-state index in [0.717, 1.165) is 28.2 Å². The quantitative estimate of drug-likeness (QED) is 0.141. The summed E-state index contributed by atoms with van der Waals surface area (Å²) in [6, 6.07) is 85.6. The third kappa shape index (κ3) is 6.36. The fourth-order valence-corrected chi connectivity index (χ4v) is 8.45. The number of nitrogens with zero attached hydrogens (tertiary/aromatic N) is 1. The van der Waals surface area contributed by atoms with Crippen molar-refractivity contribution in [3.05, 3.63) is 237 Å². The van der Waals surface area contributed by atoms with Crippen molar-refractivity contribution < 1.29 is 0 Å². The van der Waals surface area contributed by atoms with E-state index in [1.807, 2.05) is 0 Å². The van der Waals surface area contributed by atoms with Crippen molar-refractivity contribution in [2.24, 2.45) is 0 Å². The second kappa shape index (κ2) is 15.0. The van der Waals surface area contributed by atoms with Gasteiger partial charge in [0, 0.05) is 16.8 Å². The highest BCUT2D eigenvalue weighted by molar-refractivity contribution is 6.22. The molecule has 1 heteroatoms. The molecule has 0 heterocycles. The van der Waals surface area contributed by atoms with E-state index in [9.17, 15) is 0 Å². The van der Waals surface area contributed by atoms with Crippen LogP contribution in [0.4, 0.5) is 17.1 Å². The van der Waals surface area contributed by atoms with E-state index in [0.29, 0.717) is 0 Å². The van der Waals surface area contributed by atoms with Gasteiger partial charge in [0.05, 0.1) is 11.4 Å². The molecule has 0 fully saturated rings. The minimum absolute atomic E-state index is 1.09. The van der Waals surface area contributed by atoms with Crippen LogP contribution in [0.15, 0.2) is 237 Å². The SMILES string of the molecule is c1ccc(-c2ccc(N(c3ccccc3-c3ccccc3)c3ccccc3-c3ccc4c(c3)c(-c3ccccc3)c(-c3ccccc3)c3ccccc34)cc2)cc1. The van der Waals surface area contributed by atoms with Gasteiger partial charge in [0.2, 0.25) is 0 Å². The molecule has 0 atom stereocenters. The highest BCUT2D eigenvalue weighted by Gasteiger charge is 2.22. The topological polar surface area (TPSA) is 3.24 Å². The van der Waals surface area contributed by atoms with E-state index in [4.69, 9.17) is 0 Å². The smallest absolute Gasteiger partial charge is 0.0540 e. The number of para-hydroxylation sites is 2. The first-order valence-corrected chi connectivity index (χ1v) is 19.6. The molecule has 0 saturated heterocycles. The summed E-state index contributed by atoms with van der Waals surface area (Å²) in [4.78, 5) is 2.44. The maximum atomic E-state index is 2.44. The van der Waals surface area contributed by atoms with Gasteiger partial charge in [-0.05, 0) is 96.4 Å². The molecule has 0 bridgehead atoms. The van der Waals surface area contributed by atoms with Gasteiger partial charge in [0.25, 0.3) is 0 Å². The summed E-state index contributed by atoms with van der Waals surface area (Å²) in [6.07, 6.45) is 0. The summed E-state index contributed by atoms with van der Waals surface area (Å²) >= 11 is 0. The van der Waals surface area contributed by atoms with E-state index >= 15 is 0 Å². The minimum Gasteiger partial charge on any atom is -0.309 e. The predicted octanol–water partition coefficient (Wildman–Crippen LogP) is 15.8. The summed E-state index contributed by atoms with van der Waals surface area (Å²) in [7, 11) is 0. The van der Waals surface area contributed by atoms with Gasteiger partial charge in [-0.3, -0.25) is 0 Å². The highest BCUT2D eigenvalue weighted by Crippen LogP contribution is 2.48. The van der Waals surface area contributed by atoms with E-state index in [2.05, 4.69) is 241 Å². The Bertz CT molecular complexity index is 2970. The monoisotopic (exact) mass is 725 g/mol. The van der Waals surface area contributed by atoms with Crippen molar-refractivity contribution in [3.8, 4) is 55.6 Å². The summed E-state index contributed by atoms with van der Waals surface area (Å²) in [5.74, 6) is 0. The maximum Gasteiger partial charge on any atom is 0.0540 e. The molecule has 0 radical (unpaired) electrons. The van der Waals surface area contributed by atoms with Gasteiger partial charge >= 0.3 is 0 Å². The van der Waals surface area contributed by atoms with Crippen molar-refractivity contribution in [2.45, 2.75) is 0 Å². The number of anilines is 3. The fraction of sp³-hybridized carbons (Fsp3) is 0. The molecule has 0 saturated carbocycles. The fourth-order valence-electron chi connectivity index (χ4n) is 8.45. The lowest BCUT2D eigenvalue weighted by molar-refractivity contribution is 1.28. The second-order valence-corrected chi connectivity index (χ2v) is 14.4. The molecule has 0 amide bonds. The van der Waals surface area contributed by atoms with Gasteiger partial charge in [-0.15, -0.1) is 0 Å². The summed E-state index contributed by atoms with van der Waals surface area (Å²) in [5, 5.41) is 4.98. The first-order valence-electron chi connectivity index (χ1n) is 19.6. The number of hydrogen-bond acceptors (Lipinski definition) is 1. The van der Waals surface area contributed by atoms with Gasteiger partial charge in [-0.2, -0.15) is 0 Å². The maximum absolute atomic E-state index is 2.44. The highest BCUT2D eigenvalue weighted by atomic mass is 15.1. The lowest BCUT2D eigenvalue weighted by Gasteiger charge is -2.30. The molecule has 57 heavy (non-hydrogen) atoms. The molecule has 0 N–H and O–H groups in total. The second-order valence-electron chi connectivity index (χ2n) is 14.4. The van der Waals surface area contributed by atoms with Crippen LogP contribution in [0, 0.1) is 0 Å². The minimum atomic E-state index is 1.09. The van der Waals surface area contributed by atoms with E-state index in [-0.39, 0.29) is 0 Å². The van der Waals surface area contributed by atoms with Gasteiger partial charge in [-0.25, -0.2) is 0 Å². The van der Waals surface area contributed by atoms with Crippen LogP contribution in [0.1, 0.15) is 0 Å². The predicted molar refractivity (Wildman–Crippen MR) is 243 cm³/mol. The zero-order valence-electron chi connectivity index (χ0n) is 31.5. The van der Waals surface area contributed by atoms with E-state index in [1.165, 1.54) is 66.1 Å². The van der Waals surface area contributed by atoms with Crippen molar-refractivity contribution >= 4 is 38.6 Å². The molecule has 0 spiro atoms. The van der Waals surface area contributed by atoms with Crippen LogP contribution in [0.2, 0.25) is 0 Å². The number of fused-ring (bicyclic) bond motifs is 3. The largest absolute Gasteiger partial charge is 0.309 e. The van der Waals surface area contributed by atoms with Crippen LogP contribution >= 0.6 is 0 Å². The zero-order chi connectivity index (χ0) is 38.0. The third-order valence-corrected chi connectivity index (χ3v) is 11.1. The van der Waals surface area contributed by atoms with Crippen LogP contribution in [0.25, 0.3) is 77.2 Å². The normalized spacial score (nSPS) is 11.2. The molecule has 0 aliphatic heterocycles. The molecule has 10 aromatic rings. The Morgan fingerprint density at radius 1 is 0.228 bits per heavy atom. The van der Waals surface area contributed by atoms with Crippen molar-refractivity contribution in [1.29, 1.82) is 0 Å². The Balaban J connectivity index is 1.23. The number of rotatable bonds is 8. The first kappa shape index (κ1) is 34.0. The summed E-state index contributed by atoms with van der Waals surface area (Å²) in [5.41, 5.74) is 15.3. The van der Waals surface area contributed by atoms with E-state index < -0.39 is 0 Å². The standard InChI is InChI=1S/C56H39N/c1-5-19-40(20-6-1)41-33-36-46(37-34-41)57(53-31-17-15-27-47(53)42-21-7-2-8-22-42)54-32-18-16-28-48(54)45-35-38-50-49-29-13-14-30-51(49)55(43-23-9-3-10-24-43)56(52(50)39-45)44-25-11-4-12-26-44/h1-39H. The molecule has 0 unspecified atom stereocenters. The van der Waals surface area contributed by atoms with Crippen molar-refractivity contribution in [1.82, 2.24) is 0 Å². The van der Waals surface area contributed by atoms with Gasteiger partial charge in [-0.1, -0.05) is 206 Å². The van der Waals surface area contributed by atoms with Crippen molar-refractivity contribution in [2.75, 3.05) is 4.90 Å². The molecule has 268 valence electrons. The van der Waals surface area contributed by atoms with Crippen LogP contribution in [0.3, 0.4) is 0 Å². The van der Waals surface area contributed by atoms with Crippen LogP contribution in [-0.4, -0.2) is 0 Å². The molecule has 10 rings (SSSR count). The third-order valence-electron chi connectivity index (χ3n) is 11.1. The van der Waals surface area contributed by atoms with Gasteiger partial charge < -0.3 is 4.90 Å². The Labute approximate surface area is 334 Å². The summed E-state index contributed by atoms with van der Waals surface area (Å²) < 4.78 is 0. The van der Waals surface area contributed by atoms with Crippen LogP contribution < -0.4 is 4.90 Å².